The Balaban J connectivity index is 1.83. The topological polar surface area (TPSA) is 51.0 Å². The molecular formula is C14H15BrN4O. The maximum atomic E-state index is 12.4. The van der Waals surface area contributed by atoms with Crippen molar-refractivity contribution in [2.45, 2.75) is 26.4 Å². The molecular weight excluding hydrogens is 320 g/mol. The first-order valence-electron chi connectivity index (χ1n) is 6.64. The highest BCUT2D eigenvalue weighted by Gasteiger charge is 2.24. The van der Waals surface area contributed by atoms with Crippen molar-refractivity contribution in [3.8, 4) is 0 Å². The second-order valence-electron chi connectivity index (χ2n) is 4.81. The van der Waals surface area contributed by atoms with E-state index in [1.165, 1.54) is 11.1 Å². The molecule has 1 aromatic heterocycles. The van der Waals surface area contributed by atoms with Gasteiger partial charge < -0.3 is 4.90 Å². The van der Waals surface area contributed by atoms with Gasteiger partial charge in [0.1, 0.15) is 0 Å². The first kappa shape index (κ1) is 13.3. The summed E-state index contributed by atoms with van der Waals surface area (Å²) in [5.74, 6) is -0.0499. The molecule has 2 heterocycles. The lowest BCUT2D eigenvalue weighted by molar-refractivity contribution is 0.0728. The van der Waals surface area contributed by atoms with Crippen LogP contribution in [0.5, 0.6) is 0 Å². The van der Waals surface area contributed by atoms with Gasteiger partial charge >= 0.3 is 0 Å². The molecule has 1 aliphatic heterocycles. The molecule has 0 spiro atoms. The molecule has 6 heteroatoms. The summed E-state index contributed by atoms with van der Waals surface area (Å²) in [4.78, 5) is 14.3. The van der Waals surface area contributed by atoms with E-state index in [9.17, 15) is 4.79 Å². The van der Waals surface area contributed by atoms with Crippen LogP contribution in [0.25, 0.3) is 0 Å². The molecule has 0 unspecified atom stereocenters. The maximum Gasteiger partial charge on any atom is 0.276 e. The predicted molar refractivity (Wildman–Crippen MR) is 78.3 cm³/mol. The van der Waals surface area contributed by atoms with Crippen molar-refractivity contribution in [3.05, 3.63) is 45.7 Å². The van der Waals surface area contributed by atoms with Crippen LogP contribution in [0.4, 0.5) is 0 Å². The predicted octanol–water partition coefficient (Wildman–Crippen LogP) is 2.26. The normalized spacial score (nSPS) is 14.2. The third kappa shape index (κ3) is 2.35. The summed E-state index contributed by atoms with van der Waals surface area (Å²) in [6.07, 6.45) is 2.58. The number of benzene rings is 1. The van der Waals surface area contributed by atoms with Gasteiger partial charge in [0.25, 0.3) is 5.91 Å². The number of amides is 1. The molecule has 0 bridgehead atoms. The van der Waals surface area contributed by atoms with Gasteiger partial charge in [0.15, 0.2) is 5.69 Å². The number of nitrogens with zero attached hydrogens (tertiary/aromatic N) is 4. The van der Waals surface area contributed by atoms with Crippen LogP contribution in [0.2, 0.25) is 0 Å². The van der Waals surface area contributed by atoms with E-state index in [-0.39, 0.29) is 5.91 Å². The third-order valence-electron chi connectivity index (χ3n) is 3.58. The zero-order chi connectivity index (χ0) is 14.1. The molecule has 0 saturated heterocycles. The standard InChI is InChI=1S/C14H15BrN4O/c1-2-19-9-13(16-17-19)14(20)18-7-6-10-4-3-5-12(15)11(10)8-18/h3-5,9H,2,6-8H2,1H3. The lowest BCUT2D eigenvalue weighted by atomic mass is 10.00. The largest absolute Gasteiger partial charge is 0.332 e. The van der Waals surface area contributed by atoms with Crippen molar-refractivity contribution < 1.29 is 4.79 Å². The minimum atomic E-state index is -0.0499. The van der Waals surface area contributed by atoms with Gasteiger partial charge in [0.2, 0.25) is 0 Å². The second-order valence-corrected chi connectivity index (χ2v) is 5.67. The summed E-state index contributed by atoms with van der Waals surface area (Å²) < 4.78 is 2.73. The number of aryl methyl sites for hydroxylation is 1. The summed E-state index contributed by atoms with van der Waals surface area (Å²) in [5, 5.41) is 7.87. The van der Waals surface area contributed by atoms with E-state index in [1.54, 1.807) is 10.9 Å². The highest BCUT2D eigenvalue weighted by molar-refractivity contribution is 9.10. The Labute approximate surface area is 125 Å². The fourth-order valence-corrected chi connectivity index (χ4v) is 2.96. The van der Waals surface area contributed by atoms with Gasteiger partial charge in [-0.2, -0.15) is 0 Å². The van der Waals surface area contributed by atoms with Crippen LogP contribution in [-0.2, 0) is 19.5 Å². The van der Waals surface area contributed by atoms with Gasteiger partial charge in [0, 0.05) is 24.1 Å². The van der Waals surface area contributed by atoms with Gasteiger partial charge in [0.05, 0.1) is 6.20 Å². The van der Waals surface area contributed by atoms with Crippen molar-refractivity contribution >= 4 is 21.8 Å². The summed E-state index contributed by atoms with van der Waals surface area (Å²) in [5.41, 5.74) is 2.91. The molecule has 104 valence electrons. The quantitative estimate of drug-likeness (QED) is 0.846. The maximum absolute atomic E-state index is 12.4. The highest BCUT2D eigenvalue weighted by Crippen LogP contribution is 2.27. The van der Waals surface area contributed by atoms with E-state index in [0.717, 1.165) is 17.4 Å². The van der Waals surface area contributed by atoms with Crippen LogP contribution in [0.1, 0.15) is 28.5 Å². The van der Waals surface area contributed by atoms with Crippen LogP contribution < -0.4 is 0 Å². The molecule has 0 N–H and O–H groups in total. The van der Waals surface area contributed by atoms with Crippen LogP contribution in [0, 0.1) is 0 Å². The van der Waals surface area contributed by atoms with E-state index >= 15 is 0 Å². The molecule has 1 aliphatic rings. The number of fused-ring (bicyclic) bond motifs is 1. The fraction of sp³-hybridized carbons (Fsp3) is 0.357. The minimum absolute atomic E-state index is 0.0499. The number of rotatable bonds is 2. The molecule has 2 aromatic rings. The fourth-order valence-electron chi connectivity index (χ4n) is 2.43. The Morgan fingerprint density at radius 1 is 1.45 bits per heavy atom. The van der Waals surface area contributed by atoms with Crippen LogP contribution >= 0.6 is 15.9 Å². The first-order chi connectivity index (χ1) is 9.69. The number of aromatic nitrogens is 3. The van der Waals surface area contributed by atoms with Crippen LogP contribution in [0.15, 0.2) is 28.9 Å². The average Bonchev–Trinajstić information content (AvgIpc) is 2.95. The lowest BCUT2D eigenvalue weighted by Crippen LogP contribution is -2.36. The summed E-state index contributed by atoms with van der Waals surface area (Å²) in [6.45, 7) is 4.03. The van der Waals surface area contributed by atoms with E-state index in [2.05, 4.69) is 32.3 Å². The minimum Gasteiger partial charge on any atom is -0.332 e. The Hall–Kier alpha value is -1.69. The van der Waals surface area contributed by atoms with Crippen LogP contribution in [0.3, 0.4) is 0 Å². The van der Waals surface area contributed by atoms with E-state index in [4.69, 9.17) is 0 Å². The van der Waals surface area contributed by atoms with Crippen molar-refractivity contribution in [2.24, 2.45) is 0 Å². The SMILES string of the molecule is CCn1cc(C(=O)N2CCc3cccc(Br)c3C2)nn1. The van der Waals surface area contributed by atoms with Gasteiger partial charge in [-0.1, -0.05) is 33.3 Å². The third-order valence-corrected chi connectivity index (χ3v) is 4.33. The summed E-state index contributed by atoms with van der Waals surface area (Å²) >= 11 is 3.56. The highest BCUT2D eigenvalue weighted by atomic mass is 79.9. The Morgan fingerprint density at radius 2 is 2.30 bits per heavy atom. The second kappa shape index (κ2) is 5.36. The lowest BCUT2D eigenvalue weighted by Gasteiger charge is -2.28. The average molecular weight is 335 g/mol. The van der Waals surface area contributed by atoms with E-state index < -0.39 is 0 Å². The summed E-state index contributed by atoms with van der Waals surface area (Å²) in [6, 6.07) is 6.17. The molecule has 1 aromatic carbocycles. The van der Waals surface area contributed by atoms with Crippen molar-refractivity contribution in [1.82, 2.24) is 19.9 Å². The zero-order valence-corrected chi connectivity index (χ0v) is 12.8. The number of carbonyl (C=O) groups excluding carboxylic acids is 1. The molecule has 3 rings (SSSR count). The number of hydrogen-bond acceptors (Lipinski definition) is 3. The van der Waals surface area contributed by atoms with Gasteiger partial charge in [-0.15, -0.1) is 5.10 Å². The number of halogens is 1. The van der Waals surface area contributed by atoms with E-state index in [0.29, 0.717) is 18.8 Å². The molecule has 0 atom stereocenters. The first-order valence-corrected chi connectivity index (χ1v) is 7.44. The van der Waals surface area contributed by atoms with Crippen molar-refractivity contribution in [2.75, 3.05) is 6.54 Å². The zero-order valence-electron chi connectivity index (χ0n) is 11.2. The molecule has 0 aliphatic carbocycles. The van der Waals surface area contributed by atoms with Gasteiger partial charge in [-0.3, -0.25) is 9.48 Å². The van der Waals surface area contributed by atoms with Crippen molar-refractivity contribution in [1.29, 1.82) is 0 Å². The van der Waals surface area contributed by atoms with Crippen LogP contribution in [-0.4, -0.2) is 32.3 Å². The monoisotopic (exact) mass is 334 g/mol. The number of hydrogen-bond donors (Lipinski definition) is 0. The number of carbonyl (C=O) groups is 1. The van der Waals surface area contributed by atoms with E-state index in [1.807, 2.05) is 24.0 Å². The Bertz CT molecular complexity index is 652. The Kier molecular flexibility index (Phi) is 3.56. The molecule has 0 radical (unpaired) electrons. The van der Waals surface area contributed by atoms with Gasteiger partial charge in [-0.25, -0.2) is 0 Å². The molecule has 20 heavy (non-hydrogen) atoms. The summed E-state index contributed by atoms with van der Waals surface area (Å²) in [7, 11) is 0. The molecule has 5 nitrogen and oxygen atoms in total. The smallest absolute Gasteiger partial charge is 0.276 e. The van der Waals surface area contributed by atoms with Crippen molar-refractivity contribution in [3.63, 3.8) is 0 Å². The molecule has 0 fully saturated rings. The Morgan fingerprint density at radius 3 is 3.05 bits per heavy atom. The molecule has 0 saturated carbocycles. The molecule has 1 amide bonds. The van der Waals surface area contributed by atoms with Gasteiger partial charge in [-0.05, 0) is 30.5 Å².